The van der Waals surface area contributed by atoms with Gasteiger partial charge in [0.1, 0.15) is 6.04 Å². The van der Waals surface area contributed by atoms with E-state index in [1.165, 1.54) is 4.90 Å². The monoisotopic (exact) mass is 486 g/mol. The van der Waals surface area contributed by atoms with Crippen LogP contribution in [0, 0.1) is 5.92 Å². The predicted octanol–water partition coefficient (Wildman–Crippen LogP) is 3.03. The summed E-state index contributed by atoms with van der Waals surface area (Å²) in [5, 5.41) is 5.88. The van der Waals surface area contributed by atoms with Gasteiger partial charge in [0.25, 0.3) is 5.91 Å². The maximum absolute atomic E-state index is 13.0. The Bertz CT molecular complexity index is 1010. The van der Waals surface area contributed by atoms with Crippen LogP contribution in [0.4, 0.5) is 11.4 Å². The lowest BCUT2D eigenvalue weighted by Crippen LogP contribution is -2.51. The van der Waals surface area contributed by atoms with Crippen LogP contribution in [-0.4, -0.2) is 68.6 Å². The van der Waals surface area contributed by atoms with Crippen molar-refractivity contribution in [1.29, 1.82) is 0 Å². The van der Waals surface area contributed by atoms with Crippen molar-refractivity contribution in [3.63, 3.8) is 0 Å². The highest BCUT2D eigenvalue weighted by Crippen LogP contribution is 2.19. The van der Waals surface area contributed by atoms with Gasteiger partial charge in [-0.2, -0.15) is 0 Å². The zero-order chi connectivity index (χ0) is 24.7. The van der Waals surface area contributed by atoms with E-state index in [-0.39, 0.29) is 24.3 Å². The Morgan fingerprint density at radius 1 is 1.06 bits per heavy atom. The van der Waals surface area contributed by atoms with Gasteiger partial charge in [-0.05, 0) is 42.3 Å². The minimum Gasteiger partial charge on any atom is -0.378 e. The Morgan fingerprint density at radius 3 is 2.32 bits per heavy atom. The molecule has 1 aliphatic heterocycles. The second-order valence-electron chi connectivity index (χ2n) is 8.56. The maximum atomic E-state index is 13.0. The van der Waals surface area contributed by atoms with Crippen LogP contribution >= 0.6 is 11.6 Å². The van der Waals surface area contributed by atoms with Crippen molar-refractivity contribution < 1.29 is 19.1 Å². The molecular weight excluding hydrogens is 456 g/mol. The first kappa shape index (κ1) is 25.5. The van der Waals surface area contributed by atoms with Crippen molar-refractivity contribution in [3.05, 3.63) is 59.1 Å². The smallest absolute Gasteiger partial charge is 0.253 e. The summed E-state index contributed by atoms with van der Waals surface area (Å²) in [7, 11) is 1.54. The van der Waals surface area contributed by atoms with Crippen LogP contribution < -0.4 is 15.5 Å². The first-order valence-electron chi connectivity index (χ1n) is 11.3. The van der Waals surface area contributed by atoms with E-state index in [4.69, 9.17) is 16.3 Å². The van der Waals surface area contributed by atoms with E-state index < -0.39 is 11.9 Å². The molecule has 2 aromatic rings. The van der Waals surface area contributed by atoms with Gasteiger partial charge in [0, 0.05) is 31.5 Å². The van der Waals surface area contributed by atoms with Crippen LogP contribution in [0.3, 0.4) is 0 Å². The number of amides is 3. The van der Waals surface area contributed by atoms with Crippen LogP contribution in [0.2, 0.25) is 5.02 Å². The summed E-state index contributed by atoms with van der Waals surface area (Å²) in [5.74, 6) is -1.30. The molecule has 0 aromatic heterocycles. The fourth-order valence-corrected chi connectivity index (χ4v) is 3.91. The van der Waals surface area contributed by atoms with Gasteiger partial charge in [-0.3, -0.25) is 14.4 Å². The minimum absolute atomic E-state index is 0.144. The Balaban J connectivity index is 1.56. The molecule has 0 aliphatic carbocycles. The predicted molar refractivity (Wildman–Crippen MR) is 133 cm³/mol. The molecule has 1 aliphatic rings. The first-order valence-corrected chi connectivity index (χ1v) is 11.7. The van der Waals surface area contributed by atoms with Crippen LogP contribution in [0.15, 0.2) is 48.5 Å². The van der Waals surface area contributed by atoms with Crippen molar-refractivity contribution in [2.75, 3.05) is 50.1 Å². The summed E-state index contributed by atoms with van der Waals surface area (Å²) in [6.07, 6.45) is 0. The molecule has 1 fully saturated rings. The highest BCUT2D eigenvalue weighted by molar-refractivity contribution is 6.33. The third-order valence-corrected chi connectivity index (χ3v) is 5.95. The summed E-state index contributed by atoms with van der Waals surface area (Å²) in [6.45, 7) is 6.60. The van der Waals surface area contributed by atoms with Gasteiger partial charge in [0.2, 0.25) is 11.8 Å². The van der Waals surface area contributed by atoms with Crippen molar-refractivity contribution in [2.24, 2.45) is 5.92 Å². The highest BCUT2D eigenvalue weighted by atomic mass is 35.5. The molecule has 9 heteroatoms. The van der Waals surface area contributed by atoms with E-state index in [1.807, 2.05) is 38.1 Å². The van der Waals surface area contributed by atoms with Crippen LogP contribution in [0.5, 0.6) is 0 Å². The molecule has 2 aromatic carbocycles. The lowest BCUT2D eigenvalue weighted by atomic mass is 10.0. The molecule has 1 atom stereocenters. The summed E-state index contributed by atoms with van der Waals surface area (Å²) in [6, 6.07) is 13.4. The number of hydrogen-bond donors (Lipinski definition) is 2. The number of carbonyl (C=O) groups excluding carboxylic acids is 3. The topological polar surface area (TPSA) is 91.0 Å². The molecule has 0 saturated carbocycles. The maximum Gasteiger partial charge on any atom is 0.253 e. The number of morpholine rings is 1. The molecule has 2 N–H and O–H groups in total. The van der Waals surface area contributed by atoms with Gasteiger partial charge in [-0.1, -0.05) is 37.6 Å². The average Bonchev–Trinajstić information content (AvgIpc) is 2.83. The molecular formula is C25H31ClN4O4. The van der Waals surface area contributed by atoms with Gasteiger partial charge in [-0.25, -0.2) is 0 Å². The number of rotatable bonds is 8. The van der Waals surface area contributed by atoms with Crippen molar-refractivity contribution in [3.8, 4) is 0 Å². The van der Waals surface area contributed by atoms with Gasteiger partial charge < -0.3 is 25.2 Å². The second-order valence-corrected chi connectivity index (χ2v) is 8.97. The van der Waals surface area contributed by atoms with Gasteiger partial charge in [0.15, 0.2) is 0 Å². The van der Waals surface area contributed by atoms with E-state index in [9.17, 15) is 14.4 Å². The molecule has 1 saturated heterocycles. The van der Waals surface area contributed by atoms with Gasteiger partial charge >= 0.3 is 0 Å². The number of nitrogens with zero attached hydrogens (tertiary/aromatic N) is 2. The molecule has 0 spiro atoms. The van der Waals surface area contributed by atoms with E-state index in [0.29, 0.717) is 29.5 Å². The molecule has 0 radical (unpaired) electrons. The fraction of sp³-hybridized carbons (Fsp3) is 0.400. The van der Waals surface area contributed by atoms with Crippen LogP contribution in [0.25, 0.3) is 0 Å². The third-order valence-electron chi connectivity index (χ3n) is 5.62. The van der Waals surface area contributed by atoms with Crippen molar-refractivity contribution in [2.45, 2.75) is 19.9 Å². The van der Waals surface area contributed by atoms with Gasteiger partial charge in [0.05, 0.1) is 30.3 Å². The number of halogens is 1. The summed E-state index contributed by atoms with van der Waals surface area (Å²) < 4.78 is 5.37. The number of carbonyl (C=O) groups is 3. The zero-order valence-corrected chi connectivity index (χ0v) is 20.5. The van der Waals surface area contributed by atoms with Crippen LogP contribution in [0.1, 0.15) is 24.2 Å². The zero-order valence-electron chi connectivity index (χ0n) is 19.7. The van der Waals surface area contributed by atoms with E-state index in [1.54, 1.807) is 31.3 Å². The normalized spacial score (nSPS) is 14.4. The van der Waals surface area contributed by atoms with Crippen LogP contribution in [-0.2, 0) is 14.3 Å². The lowest BCUT2D eigenvalue weighted by molar-refractivity contribution is -0.135. The first-order chi connectivity index (χ1) is 16.3. The fourth-order valence-electron chi connectivity index (χ4n) is 3.69. The molecule has 0 bridgehead atoms. The number of likely N-dealkylation sites (N-methyl/N-ethyl adjacent to an activating group) is 1. The summed E-state index contributed by atoms with van der Waals surface area (Å²) in [5.41, 5.74) is 2.02. The molecule has 1 heterocycles. The highest BCUT2D eigenvalue weighted by Gasteiger charge is 2.28. The molecule has 3 rings (SSSR count). The Labute approximate surface area is 205 Å². The quantitative estimate of drug-likeness (QED) is 0.598. The lowest BCUT2D eigenvalue weighted by Gasteiger charge is -2.29. The largest absolute Gasteiger partial charge is 0.378 e. The minimum atomic E-state index is -0.797. The summed E-state index contributed by atoms with van der Waals surface area (Å²) >= 11 is 6.11. The van der Waals surface area contributed by atoms with E-state index >= 15 is 0 Å². The molecule has 1 unspecified atom stereocenters. The van der Waals surface area contributed by atoms with E-state index in [0.717, 1.165) is 18.8 Å². The standard InChI is InChI=1S/C25H31ClN4O4/c1-17(2)23(28-24(32)20-6-4-5-7-21(20)26)25(33)29(3)16-22(31)27-18-8-10-19(11-9-18)30-12-14-34-15-13-30/h4-11,17,23H,12-16H2,1-3H3,(H,27,31)(H,28,32). The molecule has 8 nitrogen and oxygen atoms in total. The van der Waals surface area contributed by atoms with Gasteiger partial charge in [-0.15, -0.1) is 0 Å². The second kappa shape index (κ2) is 11.9. The molecule has 3 amide bonds. The number of ether oxygens (including phenoxy) is 1. The number of benzene rings is 2. The Morgan fingerprint density at radius 2 is 1.71 bits per heavy atom. The third kappa shape index (κ3) is 6.71. The SMILES string of the molecule is CC(C)C(NC(=O)c1ccccc1Cl)C(=O)N(C)CC(=O)Nc1ccc(N2CCOCC2)cc1. The molecule has 34 heavy (non-hydrogen) atoms. The number of hydrogen-bond acceptors (Lipinski definition) is 5. The number of nitrogens with one attached hydrogen (secondary N) is 2. The molecule has 182 valence electrons. The average molecular weight is 487 g/mol. The van der Waals surface area contributed by atoms with Crippen molar-refractivity contribution >= 4 is 40.7 Å². The van der Waals surface area contributed by atoms with E-state index in [2.05, 4.69) is 15.5 Å². The van der Waals surface area contributed by atoms with Crippen molar-refractivity contribution in [1.82, 2.24) is 10.2 Å². The Kier molecular flexibility index (Phi) is 8.90. The summed E-state index contributed by atoms with van der Waals surface area (Å²) in [4.78, 5) is 41.8. The Hall–Kier alpha value is -3.10. The number of anilines is 2.